The van der Waals surface area contributed by atoms with E-state index in [1.807, 2.05) is 13.0 Å². The van der Waals surface area contributed by atoms with Crippen LogP contribution in [-0.4, -0.2) is 33.5 Å². The normalized spacial score (nSPS) is 13.8. The molecule has 7 heteroatoms. The van der Waals surface area contributed by atoms with Gasteiger partial charge in [-0.3, -0.25) is 0 Å². The van der Waals surface area contributed by atoms with Crippen LogP contribution in [0, 0.1) is 0 Å². The molecule has 1 rings (SSSR count). The number of alkyl halides is 1. The van der Waals surface area contributed by atoms with Crippen LogP contribution in [-0.2, 0) is 21.2 Å². The molecule has 0 aliphatic rings. The summed E-state index contributed by atoms with van der Waals surface area (Å²) in [5, 5.41) is 0. The van der Waals surface area contributed by atoms with Gasteiger partial charge in [-0.05, 0) is 18.6 Å². The van der Waals surface area contributed by atoms with Gasteiger partial charge in [-0.1, -0.05) is 22.9 Å². The number of methoxy groups -OCH3 is 1. The standard InChI is InChI=1S/C10H16BrNO3S2/c1-3-9-4-5-10(16-9)17(13,14)12-6-8(11)7-15-2/h4-5,8,12H,3,6-7H2,1-2H3. The van der Waals surface area contributed by atoms with E-state index < -0.39 is 10.0 Å². The fourth-order valence-electron chi connectivity index (χ4n) is 1.20. The van der Waals surface area contributed by atoms with Gasteiger partial charge < -0.3 is 4.74 Å². The van der Waals surface area contributed by atoms with Crippen molar-refractivity contribution >= 4 is 37.3 Å². The number of sulfonamides is 1. The molecule has 17 heavy (non-hydrogen) atoms. The molecule has 1 heterocycles. The zero-order valence-corrected chi connectivity index (χ0v) is 13.0. The second-order valence-electron chi connectivity index (χ2n) is 3.48. The van der Waals surface area contributed by atoms with Crippen LogP contribution in [0.4, 0.5) is 0 Å². The predicted octanol–water partition coefficient (Wildman–Crippen LogP) is 2.00. The lowest BCUT2D eigenvalue weighted by Gasteiger charge is -2.09. The third-order valence-corrected chi connectivity index (χ3v) is 5.83. The first-order valence-corrected chi connectivity index (χ1v) is 8.42. The Morgan fingerprint density at radius 1 is 1.53 bits per heavy atom. The SMILES string of the molecule is CCc1ccc(S(=O)(=O)NCC(Br)COC)s1. The third kappa shape index (κ3) is 4.67. The van der Waals surface area contributed by atoms with E-state index in [1.165, 1.54) is 11.3 Å². The van der Waals surface area contributed by atoms with Crippen LogP contribution in [0.25, 0.3) is 0 Å². The highest BCUT2D eigenvalue weighted by Gasteiger charge is 2.17. The zero-order valence-electron chi connectivity index (χ0n) is 9.77. The van der Waals surface area contributed by atoms with Crippen LogP contribution < -0.4 is 4.72 Å². The first kappa shape index (κ1) is 15.1. The van der Waals surface area contributed by atoms with E-state index in [-0.39, 0.29) is 4.83 Å². The Balaban J connectivity index is 2.62. The largest absolute Gasteiger partial charge is 0.383 e. The minimum absolute atomic E-state index is 0.0205. The monoisotopic (exact) mass is 341 g/mol. The summed E-state index contributed by atoms with van der Waals surface area (Å²) in [5.74, 6) is 0. The summed E-state index contributed by atoms with van der Waals surface area (Å²) >= 11 is 4.64. The first-order valence-electron chi connectivity index (χ1n) is 5.21. The number of hydrogen-bond donors (Lipinski definition) is 1. The average Bonchev–Trinajstić information content (AvgIpc) is 2.76. The van der Waals surface area contributed by atoms with Crippen molar-refractivity contribution < 1.29 is 13.2 Å². The molecule has 1 N–H and O–H groups in total. The second kappa shape index (κ2) is 6.84. The first-order chi connectivity index (χ1) is 7.99. The molecule has 0 aliphatic heterocycles. The number of hydrogen-bond acceptors (Lipinski definition) is 4. The molecule has 0 bridgehead atoms. The fraction of sp³-hybridized carbons (Fsp3) is 0.600. The Kier molecular flexibility index (Phi) is 6.08. The summed E-state index contributed by atoms with van der Waals surface area (Å²) in [5.41, 5.74) is 0. The van der Waals surface area contributed by atoms with E-state index >= 15 is 0 Å². The van der Waals surface area contributed by atoms with Crippen LogP contribution in [0.3, 0.4) is 0 Å². The van der Waals surface area contributed by atoms with Crippen molar-refractivity contribution in [2.24, 2.45) is 0 Å². The zero-order chi connectivity index (χ0) is 12.9. The second-order valence-corrected chi connectivity index (χ2v) is 7.94. The fourth-order valence-corrected chi connectivity index (χ4v) is 4.27. The van der Waals surface area contributed by atoms with Crippen LogP contribution >= 0.6 is 27.3 Å². The lowest BCUT2D eigenvalue weighted by molar-refractivity contribution is 0.201. The van der Waals surface area contributed by atoms with E-state index in [4.69, 9.17) is 4.74 Å². The minimum Gasteiger partial charge on any atom is -0.383 e. The van der Waals surface area contributed by atoms with Crippen molar-refractivity contribution in [2.45, 2.75) is 22.4 Å². The van der Waals surface area contributed by atoms with Crippen molar-refractivity contribution in [1.29, 1.82) is 0 Å². The summed E-state index contributed by atoms with van der Waals surface area (Å²) in [6, 6.07) is 3.49. The van der Waals surface area contributed by atoms with Crippen molar-refractivity contribution in [2.75, 3.05) is 20.3 Å². The lowest BCUT2D eigenvalue weighted by Crippen LogP contribution is -2.31. The molecule has 1 aromatic heterocycles. The Morgan fingerprint density at radius 3 is 2.76 bits per heavy atom. The van der Waals surface area contributed by atoms with E-state index in [0.29, 0.717) is 17.4 Å². The van der Waals surface area contributed by atoms with Gasteiger partial charge in [0.2, 0.25) is 10.0 Å². The summed E-state index contributed by atoms with van der Waals surface area (Å²) in [4.78, 5) is 1.05. The molecule has 0 radical (unpaired) electrons. The quantitative estimate of drug-likeness (QED) is 0.771. The van der Waals surface area contributed by atoms with E-state index in [9.17, 15) is 8.42 Å². The highest BCUT2D eigenvalue weighted by molar-refractivity contribution is 9.09. The molecule has 1 atom stereocenters. The molecule has 98 valence electrons. The average molecular weight is 342 g/mol. The molecule has 1 unspecified atom stereocenters. The summed E-state index contributed by atoms with van der Waals surface area (Å²) in [6.07, 6.45) is 0.852. The van der Waals surface area contributed by atoms with Crippen molar-refractivity contribution in [1.82, 2.24) is 4.72 Å². The van der Waals surface area contributed by atoms with Gasteiger partial charge in [0.25, 0.3) is 0 Å². The van der Waals surface area contributed by atoms with Crippen LogP contribution in [0.2, 0.25) is 0 Å². The van der Waals surface area contributed by atoms with Gasteiger partial charge >= 0.3 is 0 Å². The van der Waals surface area contributed by atoms with Gasteiger partial charge in [0.05, 0.1) is 11.4 Å². The van der Waals surface area contributed by atoms with E-state index in [1.54, 1.807) is 13.2 Å². The molecule has 0 aliphatic carbocycles. The number of rotatable bonds is 7. The maximum Gasteiger partial charge on any atom is 0.250 e. The Morgan fingerprint density at radius 2 is 2.24 bits per heavy atom. The van der Waals surface area contributed by atoms with Gasteiger partial charge in [-0.2, -0.15) is 0 Å². The summed E-state index contributed by atoms with van der Waals surface area (Å²) in [7, 11) is -1.80. The highest BCUT2D eigenvalue weighted by Crippen LogP contribution is 2.21. The van der Waals surface area contributed by atoms with Crippen LogP contribution in [0.15, 0.2) is 16.3 Å². The predicted molar refractivity (Wildman–Crippen MR) is 73.5 cm³/mol. The van der Waals surface area contributed by atoms with E-state index in [0.717, 1.165) is 11.3 Å². The number of thiophene rings is 1. The molecule has 0 spiro atoms. The lowest BCUT2D eigenvalue weighted by atomic mass is 10.4. The minimum atomic E-state index is -3.38. The molecule has 0 amide bonds. The van der Waals surface area contributed by atoms with Crippen molar-refractivity contribution in [3.05, 3.63) is 17.0 Å². The van der Waals surface area contributed by atoms with Gasteiger partial charge in [0.1, 0.15) is 4.21 Å². The highest BCUT2D eigenvalue weighted by atomic mass is 79.9. The Hall–Kier alpha value is 0.0500. The maximum absolute atomic E-state index is 11.9. The molecule has 0 saturated carbocycles. The molecule has 4 nitrogen and oxygen atoms in total. The van der Waals surface area contributed by atoms with Crippen LogP contribution in [0.1, 0.15) is 11.8 Å². The smallest absolute Gasteiger partial charge is 0.250 e. The van der Waals surface area contributed by atoms with Crippen LogP contribution in [0.5, 0.6) is 0 Å². The van der Waals surface area contributed by atoms with Gasteiger partial charge in [-0.15, -0.1) is 11.3 Å². The molecule has 0 fully saturated rings. The number of aryl methyl sites for hydroxylation is 1. The van der Waals surface area contributed by atoms with Crippen molar-refractivity contribution in [3.63, 3.8) is 0 Å². The number of nitrogens with one attached hydrogen (secondary N) is 1. The molecule has 1 aromatic rings. The molecule has 0 aromatic carbocycles. The van der Waals surface area contributed by atoms with Crippen molar-refractivity contribution in [3.8, 4) is 0 Å². The summed E-state index contributed by atoms with van der Waals surface area (Å²) in [6.45, 7) is 2.78. The topological polar surface area (TPSA) is 55.4 Å². The Bertz CT molecular complexity index is 444. The van der Waals surface area contributed by atoms with Gasteiger partial charge in [-0.25, -0.2) is 13.1 Å². The van der Waals surface area contributed by atoms with E-state index in [2.05, 4.69) is 20.7 Å². The maximum atomic E-state index is 11.9. The third-order valence-electron chi connectivity index (χ3n) is 2.09. The van der Waals surface area contributed by atoms with Gasteiger partial charge in [0.15, 0.2) is 0 Å². The molecular weight excluding hydrogens is 326 g/mol. The number of ether oxygens (including phenoxy) is 1. The molecule has 0 saturated heterocycles. The number of halogens is 1. The Labute approximate surface area is 115 Å². The summed E-state index contributed by atoms with van der Waals surface area (Å²) < 4.78 is 31.7. The molecular formula is C10H16BrNO3S2. The van der Waals surface area contributed by atoms with Gasteiger partial charge in [0, 0.05) is 18.5 Å².